The van der Waals surface area contributed by atoms with Gasteiger partial charge in [-0.2, -0.15) is 0 Å². The van der Waals surface area contributed by atoms with Crippen molar-refractivity contribution in [2.75, 3.05) is 7.11 Å². The van der Waals surface area contributed by atoms with Crippen molar-refractivity contribution >= 4 is 5.91 Å². The maximum absolute atomic E-state index is 11.9. The van der Waals surface area contributed by atoms with E-state index in [0.29, 0.717) is 12.2 Å². The van der Waals surface area contributed by atoms with Crippen LogP contribution < -0.4 is 10.1 Å². The Morgan fingerprint density at radius 2 is 2.00 bits per heavy atom. The van der Waals surface area contributed by atoms with Gasteiger partial charge in [0.25, 0.3) is 5.91 Å². The van der Waals surface area contributed by atoms with E-state index in [9.17, 15) is 4.79 Å². The number of nitrogens with zero attached hydrogens (tertiary/aromatic N) is 1. The third kappa shape index (κ3) is 2.96. The first kappa shape index (κ1) is 14.1. The molecular weight excluding hydrogens is 252 g/mol. The highest BCUT2D eigenvalue weighted by molar-refractivity contribution is 5.92. The van der Waals surface area contributed by atoms with Crippen LogP contribution in [-0.4, -0.2) is 18.0 Å². The number of methoxy groups -OCH3 is 1. The molecule has 0 radical (unpaired) electrons. The number of nitrogens with one attached hydrogen (secondary N) is 1. The topological polar surface area (TPSA) is 51.2 Å². The lowest BCUT2D eigenvalue weighted by Gasteiger charge is -2.13. The molecule has 0 aliphatic carbocycles. The third-order valence-corrected chi connectivity index (χ3v) is 3.41. The number of carbonyl (C=O) groups is 1. The summed E-state index contributed by atoms with van der Waals surface area (Å²) in [6, 6.07) is 9.17. The summed E-state index contributed by atoms with van der Waals surface area (Å²) in [4.78, 5) is 16.0. The molecule has 1 N–H and O–H groups in total. The molecule has 0 spiro atoms. The first-order valence-corrected chi connectivity index (χ1v) is 6.45. The highest BCUT2D eigenvalue weighted by Crippen LogP contribution is 2.23. The minimum absolute atomic E-state index is 0.168. The molecule has 0 saturated heterocycles. The molecule has 0 aliphatic heterocycles. The van der Waals surface area contributed by atoms with Gasteiger partial charge in [0.1, 0.15) is 11.4 Å². The molecule has 0 bridgehead atoms. The molecule has 0 unspecified atom stereocenters. The van der Waals surface area contributed by atoms with E-state index in [4.69, 9.17) is 4.74 Å². The number of amides is 1. The van der Waals surface area contributed by atoms with Gasteiger partial charge in [-0.15, -0.1) is 0 Å². The van der Waals surface area contributed by atoms with Gasteiger partial charge in [-0.3, -0.25) is 9.78 Å². The van der Waals surface area contributed by atoms with E-state index in [0.717, 1.165) is 22.4 Å². The highest BCUT2D eigenvalue weighted by atomic mass is 16.5. The number of rotatable bonds is 4. The number of hydrogen-bond donors (Lipinski definition) is 1. The summed E-state index contributed by atoms with van der Waals surface area (Å²) in [7, 11) is 1.66. The number of hydrogen-bond acceptors (Lipinski definition) is 3. The van der Waals surface area contributed by atoms with Gasteiger partial charge in [0.15, 0.2) is 0 Å². The number of aromatic nitrogens is 1. The van der Waals surface area contributed by atoms with Crippen LogP contribution in [-0.2, 0) is 6.54 Å². The fourth-order valence-corrected chi connectivity index (χ4v) is 2.03. The summed E-state index contributed by atoms with van der Waals surface area (Å²) in [6.45, 7) is 4.52. The van der Waals surface area contributed by atoms with Crippen LogP contribution >= 0.6 is 0 Å². The van der Waals surface area contributed by atoms with Crippen molar-refractivity contribution in [2.45, 2.75) is 20.4 Å². The average Bonchev–Trinajstić information content (AvgIpc) is 2.49. The maximum Gasteiger partial charge on any atom is 0.270 e. The van der Waals surface area contributed by atoms with Crippen LogP contribution in [0.5, 0.6) is 5.75 Å². The van der Waals surface area contributed by atoms with E-state index in [-0.39, 0.29) is 5.91 Å². The smallest absolute Gasteiger partial charge is 0.270 e. The van der Waals surface area contributed by atoms with Gasteiger partial charge in [0, 0.05) is 12.7 Å². The zero-order valence-corrected chi connectivity index (χ0v) is 11.9. The van der Waals surface area contributed by atoms with Crippen LogP contribution in [0.4, 0.5) is 0 Å². The molecule has 0 aliphatic rings. The van der Waals surface area contributed by atoms with Gasteiger partial charge >= 0.3 is 0 Å². The molecule has 20 heavy (non-hydrogen) atoms. The molecule has 0 saturated carbocycles. The first-order valence-electron chi connectivity index (χ1n) is 6.45. The predicted octanol–water partition coefficient (Wildman–Crippen LogP) is 2.64. The van der Waals surface area contributed by atoms with E-state index < -0.39 is 0 Å². The summed E-state index contributed by atoms with van der Waals surface area (Å²) >= 11 is 0. The van der Waals surface area contributed by atoms with Crippen molar-refractivity contribution in [1.82, 2.24) is 10.3 Å². The zero-order chi connectivity index (χ0) is 14.5. The van der Waals surface area contributed by atoms with Gasteiger partial charge < -0.3 is 10.1 Å². The maximum atomic E-state index is 11.9. The molecule has 1 heterocycles. The molecule has 1 amide bonds. The van der Waals surface area contributed by atoms with Crippen molar-refractivity contribution in [2.24, 2.45) is 0 Å². The van der Waals surface area contributed by atoms with Crippen LogP contribution in [0.3, 0.4) is 0 Å². The highest BCUT2D eigenvalue weighted by Gasteiger charge is 2.09. The Balaban J connectivity index is 2.08. The molecule has 2 aromatic rings. The summed E-state index contributed by atoms with van der Waals surface area (Å²) in [5.74, 6) is 0.695. The van der Waals surface area contributed by atoms with Gasteiger partial charge in [0.05, 0.1) is 7.11 Å². The monoisotopic (exact) mass is 270 g/mol. The van der Waals surface area contributed by atoms with Crippen molar-refractivity contribution in [3.8, 4) is 5.75 Å². The lowest BCUT2D eigenvalue weighted by atomic mass is 10.0. The summed E-state index contributed by atoms with van der Waals surface area (Å²) in [6.07, 6.45) is 1.61. The standard InChI is InChI=1S/C16H18N2O2/c1-11-12(2)15(20-3)8-7-13(11)10-18-16(19)14-6-4-5-9-17-14/h4-9H,10H2,1-3H3,(H,18,19). The van der Waals surface area contributed by atoms with Crippen LogP contribution in [0.1, 0.15) is 27.2 Å². The Kier molecular flexibility index (Phi) is 4.35. The van der Waals surface area contributed by atoms with Crippen molar-refractivity contribution < 1.29 is 9.53 Å². The van der Waals surface area contributed by atoms with E-state index in [1.54, 1.807) is 31.5 Å². The number of ether oxygens (including phenoxy) is 1. The summed E-state index contributed by atoms with van der Waals surface area (Å²) in [5, 5.41) is 2.88. The Morgan fingerprint density at radius 3 is 2.65 bits per heavy atom. The number of pyridine rings is 1. The number of benzene rings is 1. The largest absolute Gasteiger partial charge is 0.496 e. The normalized spacial score (nSPS) is 10.2. The van der Waals surface area contributed by atoms with Gasteiger partial charge in [0.2, 0.25) is 0 Å². The minimum Gasteiger partial charge on any atom is -0.496 e. The van der Waals surface area contributed by atoms with Crippen LogP contribution in [0, 0.1) is 13.8 Å². The number of carbonyl (C=O) groups excluding carboxylic acids is 1. The fourth-order valence-electron chi connectivity index (χ4n) is 2.03. The molecule has 1 aromatic carbocycles. The second-order valence-corrected chi connectivity index (χ2v) is 4.57. The predicted molar refractivity (Wildman–Crippen MR) is 77.9 cm³/mol. The van der Waals surface area contributed by atoms with Gasteiger partial charge in [-0.25, -0.2) is 0 Å². The second kappa shape index (κ2) is 6.19. The van der Waals surface area contributed by atoms with Crippen LogP contribution in [0.25, 0.3) is 0 Å². The second-order valence-electron chi connectivity index (χ2n) is 4.57. The Hall–Kier alpha value is -2.36. The fraction of sp³-hybridized carbons (Fsp3) is 0.250. The molecular formula is C16H18N2O2. The van der Waals surface area contributed by atoms with Crippen LogP contribution in [0.15, 0.2) is 36.5 Å². The van der Waals surface area contributed by atoms with E-state index in [2.05, 4.69) is 10.3 Å². The van der Waals surface area contributed by atoms with Crippen molar-refractivity contribution in [3.05, 3.63) is 58.9 Å². The van der Waals surface area contributed by atoms with Gasteiger partial charge in [-0.1, -0.05) is 12.1 Å². The molecule has 4 heteroatoms. The van der Waals surface area contributed by atoms with E-state index in [1.165, 1.54) is 0 Å². The van der Waals surface area contributed by atoms with Gasteiger partial charge in [-0.05, 0) is 48.7 Å². The molecule has 0 fully saturated rings. The Labute approximate surface area is 118 Å². The molecule has 1 aromatic heterocycles. The Bertz CT molecular complexity index is 609. The van der Waals surface area contributed by atoms with Crippen molar-refractivity contribution in [3.63, 3.8) is 0 Å². The first-order chi connectivity index (χ1) is 9.63. The molecule has 104 valence electrons. The zero-order valence-electron chi connectivity index (χ0n) is 11.9. The summed E-state index contributed by atoms with van der Waals surface area (Å²) < 4.78 is 5.28. The average molecular weight is 270 g/mol. The lowest BCUT2D eigenvalue weighted by Crippen LogP contribution is -2.24. The lowest BCUT2D eigenvalue weighted by molar-refractivity contribution is 0.0946. The Morgan fingerprint density at radius 1 is 1.20 bits per heavy atom. The van der Waals surface area contributed by atoms with E-state index in [1.807, 2.05) is 26.0 Å². The molecule has 2 rings (SSSR count). The third-order valence-electron chi connectivity index (χ3n) is 3.41. The summed E-state index contributed by atoms with van der Waals surface area (Å²) in [5.41, 5.74) is 3.73. The molecule has 0 atom stereocenters. The van der Waals surface area contributed by atoms with E-state index >= 15 is 0 Å². The molecule has 4 nitrogen and oxygen atoms in total. The quantitative estimate of drug-likeness (QED) is 0.929. The van der Waals surface area contributed by atoms with Crippen LogP contribution in [0.2, 0.25) is 0 Å². The van der Waals surface area contributed by atoms with Crippen molar-refractivity contribution in [1.29, 1.82) is 0 Å². The SMILES string of the molecule is COc1ccc(CNC(=O)c2ccccn2)c(C)c1C. The minimum atomic E-state index is -0.168.